The molecule has 0 aliphatic rings. The molecule has 3 N–H and O–H groups in total. The second kappa shape index (κ2) is 11.8. The number of methoxy groups -OCH3 is 2. The van der Waals surface area contributed by atoms with Gasteiger partial charge in [-0.15, -0.1) is 0 Å². The van der Waals surface area contributed by atoms with Gasteiger partial charge in [-0.1, -0.05) is 6.07 Å². The average molecular weight is 458 g/mol. The zero-order chi connectivity index (χ0) is 24.4. The predicted molar refractivity (Wildman–Crippen MR) is 126 cm³/mol. The van der Waals surface area contributed by atoms with Gasteiger partial charge in [-0.05, 0) is 62.7 Å². The molecule has 0 saturated carbocycles. The summed E-state index contributed by atoms with van der Waals surface area (Å²) in [4.78, 5) is 36.0. The Balaban J connectivity index is 1.79. The molecule has 0 spiro atoms. The van der Waals surface area contributed by atoms with E-state index >= 15 is 0 Å². The monoisotopic (exact) mass is 457 g/mol. The van der Waals surface area contributed by atoms with Crippen molar-refractivity contribution in [2.24, 2.45) is 0 Å². The first kappa shape index (κ1) is 25.5. The SMILES string of the molecule is COc1ccc(CC(=O)Nc2ccc(NC(=O)CCNC(=O)OC(C)(C)C)cc2)cc1OC. The number of alkyl carbamates (subject to hydrolysis) is 1. The Morgan fingerprint density at radius 2 is 1.39 bits per heavy atom. The lowest BCUT2D eigenvalue weighted by atomic mass is 10.1. The van der Waals surface area contributed by atoms with Gasteiger partial charge in [0.2, 0.25) is 11.8 Å². The topological polar surface area (TPSA) is 115 Å². The number of carbonyl (C=O) groups excluding carboxylic acids is 3. The van der Waals surface area contributed by atoms with Crippen molar-refractivity contribution in [2.45, 2.75) is 39.2 Å². The summed E-state index contributed by atoms with van der Waals surface area (Å²) in [7, 11) is 3.09. The molecule has 0 radical (unpaired) electrons. The van der Waals surface area contributed by atoms with Gasteiger partial charge in [0.05, 0.1) is 20.6 Å². The molecule has 0 aliphatic carbocycles. The summed E-state index contributed by atoms with van der Waals surface area (Å²) in [6, 6.07) is 12.1. The first-order valence-electron chi connectivity index (χ1n) is 10.5. The van der Waals surface area contributed by atoms with Crippen LogP contribution < -0.4 is 25.4 Å². The van der Waals surface area contributed by atoms with E-state index in [1.807, 2.05) is 0 Å². The highest BCUT2D eigenvalue weighted by molar-refractivity contribution is 5.94. The summed E-state index contributed by atoms with van der Waals surface area (Å²) in [6.45, 7) is 5.45. The average Bonchev–Trinajstić information content (AvgIpc) is 2.73. The minimum atomic E-state index is -0.592. The Bertz CT molecular complexity index is 967. The van der Waals surface area contributed by atoms with Crippen molar-refractivity contribution >= 4 is 29.3 Å². The van der Waals surface area contributed by atoms with E-state index in [0.717, 1.165) is 5.56 Å². The van der Waals surface area contributed by atoms with Crippen LogP contribution in [0.4, 0.5) is 16.2 Å². The van der Waals surface area contributed by atoms with Crippen LogP contribution in [0.25, 0.3) is 0 Å². The van der Waals surface area contributed by atoms with Crippen LogP contribution in [0.1, 0.15) is 32.8 Å². The largest absolute Gasteiger partial charge is 0.493 e. The number of carbonyl (C=O) groups is 3. The number of hydrogen-bond acceptors (Lipinski definition) is 6. The number of amides is 3. The van der Waals surface area contributed by atoms with Gasteiger partial charge in [0, 0.05) is 24.3 Å². The van der Waals surface area contributed by atoms with E-state index in [-0.39, 0.29) is 31.2 Å². The molecule has 0 fully saturated rings. The lowest BCUT2D eigenvalue weighted by molar-refractivity contribution is -0.116. The highest BCUT2D eigenvalue weighted by atomic mass is 16.6. The van der Waals surface area contributed by atoms with Crippen molar-refractivity contribution in [1.82, 2.24) is 5.32 Å². The normalized spacial score (nSPS) is 10.7. The van der Waals surface area contributed by atoms with Crippen molar-refractivity contribution in [3.05, 3.63) is 48.0 Å². The number of hydrogen-bond donors (Lipinski definition) is 3. The van der Waals surface area contributed by atoms with Gasteiger partial charge < -0.3 is 30.2 Å². The molecule has 33 heavy (non-hydrogen) atoms. The Hall–Kier alpha value is -3.75. The molecule has 178 valence electrons. The molecule has 0 aromatic heterocycles. The summed E-state index contributed by atoms with van der Waals surface area (Å²) < 4.78 is 15.6. The van der Waals surface area contributed by atoms with Crippen LogP contribution in [0.15, 0.2) is 42.5 Å². The lowest BCUT2D eigenvalue weighted by Gasteiger charge is -2.19. The van der Waals surface area contributed by atoms with Gasteiger partial charge in [-0.25, -0.2) is 4.79 Å². The van der Waals surface area contributed by atoms with E-state index in [0.29, 0.717) is 22.9 Å². The van der Waals surface area contributed by atoms with E-state index < -0.39 is 11.7 Å². The number of nitrogens with one attached hydrogen (secondary N) is 3. The maximum Gasteiger partial charge on any atom is 0.407 e. The Kier molecular flexibility index (Phi) is 9.08. The van der Waals surface area contributed by atoms with Crippen LogP contribution in [0.2, 0.25) is 0 Å². The molecule has 2 rings (SSSR count). The van der Waals surface area contributed by atoms with E-state index in [1.165, 1.54) is 0 Å². The minimum Gasteiger partial charge on any atom is -0.493 e. The number of ether oxygens (including phenoxy) is 3. The fraction of sp³-hybridized carbons (Fsp3) is 0.375. The van der Waals surface area contributed by atoms with E-state index in [4.69, 9.17) is 14.2 Å². The van der Waals surface area contributed by atoms with Crippen molar-refractivity contribution in [3.63, 3.8) is 0 Å². The Morgan fingerprint density at radius 3 is 1.94 bits per heavy atom. The highest BCUT2D eigenvalue weighted by Gasteiger charge is 2.16. The van der Waals surface area contributed by atoms with Gasteiger partial charge in [0.15, 0.2) is 11.5 Å². The van der Waals surface area contributed by atoms with Gasteiger partial charge in [-0.3, -0.25) is 9.59 Å². The van der Waals surface area contributed by atoms with Crippen molar-refractivity contribution in [2.75, 3.05) is 31.4 Å². The smallest absolute Gasteiger partial charge is 0.407 e. The number of benzene rings is 2. The van der Waals surface area contributed by atoms with Gasteiger partial charge in [0.25, 0.3) is 0 Å². The van der Waals surface area contributed by atoms with E-state index in [1.54, 1.807) is 77.5 Å². The molecular weight excluding hydrogens is 426 g/mol. The van der Waals surface area contributed by atoms with E-state index in [9.17, 15) is 14.4 Å². The van der Waals surface area contributed by atoms with Crippen LogP contribution in [0.3, 0.4) is 0 Å². The molecule has 0 atom stereocenters. The van der Waals surface area contributed by atoms with Gasteiger partial charge >= 0.3 is 6.09 Å². The van der Waals surface area contributed by atoms with E-state index in [2.05, 4.69) is 16.0 Å². The fourth-order valence-electron chi connectivity index (χ4n) is 2.83. The van der Waals surface area contributed by atoms with Crippen molar-refractivity contribution in [3.8, 4) is 11.5 Å². The van der Waals surface area contributed by atoms with Crippen molar-refractivity contribution < 1.29 is 28.6 Å². The summed E-state index contributed by atoms with van der Waals surface area (Å²) in [6.07, 6.45) is -0.296. The Morgan fingerprint density at radius 1 is 0.818 bits per heavy atom. The molecule has 0 unspecified atom stereocenters. The van der Waals surface area contributed by atoms with Gasteiger partial charge in [0.1, 0.15) is 5.60 Å². The quantitative estimate of drug-likeness (QED) is 0.528. The first-order chi connectivity index (χ1) is 15.6. The third kappa shape index (κ3) is 9.10. The summed E-state index contributed by atoms with van der Waals surface area (Å²) >= 11 is 0. The van der Waals surface area contributed by atoms with Gasteiger partial charge in [-0.2, -0.15) is 0 Å². The standard InChI is InChI=1S/C24H31N3O6/c1-24(2,3)33-23(30)25-13-12-21(28)26-17-7-9-18(10-8-17)27-22(29)15-16-6-11-19(31-4)20(14-16)32-5/h6-11,14H,12-13,15H2,1-5H3,(H,25,30)(H,26,28)(H,27,29). The molecule has 0 bridgehead atoms. The maximum atomic E-state index is 12.4. The zero-order valence-electron chi connectivity index (χ0n) is 19.6. The van der Waals surface area contributed by atoms with Crippen LogP contribution in [0.5, 0.6) is 11.5 Å². The van der Waals surface area contributed by atoms with Crippen LogP contribution in [-0.4, -0.2) is 44.3 Å². The molecule has 0 saturated heterocycles. The molecule has 0 aliphatic heterocycles. The zero-order valence-corrected chi connectivity index (χ0v) is 19.6. The molecule has 2 aromatic rings. The fourth-order valence-corrected chi connectivity index (χ4v) is 2.83. The summed E-state index contributed by atoms with van der Waals surface area (Å²) in [5, 5.41) is 8.09. The molecule has 9 heteroatoms. The Labute approximate surface area is 193 Å². The number of rotatable bonds is 9. The second-order valence-corrected chi connectivity index (χ2v) is 8.22. The summed E-state index contributed by atoms with van der Waals surface area (Å²) in [5.41, 5.74) is 1.37. The van der Waals surface area contributed by atoms with Crippen molar-refractivity contribution in [1.29, 1.82) is 0 Å². The highest BCUT2D eigenvalue weighted by Crippen LogP contribution is 2.27. The second-order valence-electron chi connectivity index (χ2n) is 8.22. The third-order valence-electron chi connectivity index (χ3n) is 4.29. The first-order valence-corrected chi connectivity index (χ1v) is 10.5. The maximum absolute atomic E-state index is 12.4. The predicted octanol–water partition coefficient (Wildman–Crippen LogP) is 3.74. The lowest BCUT2D eigenvalue weighted by Crippen LogP contribution is -2.34. The number of anilines is 2. The minimum absolute atomic E-state index is 0.100. The third-order valence-corrected chi connectivity index (χ3v) is 4.29. The van der Waals surface area contributed by atoms with Crippen LogP contribution in [-0.2, 0) is 20.7 Å². The molecule has 9 nitrogen and oxygen atoms in total. The van der Waals surface area contributed by atoms with Crippen LogP contribution in [0, 0.1) is 0 Å². The van der Waals surface area contributed by atoms with Crippen LogP contribution >= 0.6 is 0 Å². The molecule has 0 heterocycles. The molecular formula is C24H31N3O6. The molecule has 2 aromatic carbocycles. The summed E-state index contributed by atoms with van der Waals surface area (Å²) in [5.74, 6) is 0.715. The molecule has 3 amide bonds.